The molecule has 1 aromatic rings. The van der Waals surface area contributed by atoms with Crippen molar-refractivity contribution in [3.63, 3.8) is 0 Å². The first-order chi connectivity index (χ1) is 20.4. The van der Waals surface area contributed by atoms with Gasteiger partial charge in [-0.3, -0.25) is 9.69 Å². The standard InChI is InChI=1S/C24H38N2O4/c1-14(2)9-17-13-26-8-7-16-10-21(28-5)22(29-6)11-18(16)19(26)12-20(17)30-24(27)23(25)15(3)4/h10-11,14-15,17,19-20,23H,7-9,12-13,25H2,1-6H3/t17?,19?,20?,23-/m0/s1/i1D3,6D3,7D2,8D2,9D2,10D,11D,14D,19D/t14?,17?,19?,20?,23-. The van der Waals surface area contributed by atoms with Gasteiger partial charge in [0.15, 0.2) is 11.5 Å². The fourth-order valence-corrected chi connectivity index (χ4v) is 3.37. The molecule has 0 bridgehead atoms. The van der Waals surface area contributed by atoms with E-state index in [2.05, 4.69) is 0 Å². The molecule has 2 aliphatic rings. The fraction of sp³-hybridized carbons (Fsp3) is 0.708. The van der Waals surface area contributed by atoms with Crippen LogP contribution in [-0.4, -0.2) is 50.2 Å². The Hall–Kier alpha value is -1.79. The van der Waals surface area contributed by atoms with Crippen LogP contribution in [-0.2, 0) is 15.9 Å². The number of carbonyl (C=O) groups excluding carboxylic acids is 1. The average molecular weight is 435 g/mol. The predicted molar refractivity (Wildman–Crippen MR) is 118 cm³/mol. The molecule has 1 fully saturated rings. The van der Waals surface area contributed by atoms with Gasteiger partial charge in [-0.1, -0.05) is 27.6 Å². The number of piperidine rings is 1. The third-order valence-electron chi connectivity index (χ3n) is 5.05. The van der Waals surface area contributed by atoms with Crippen molar-refractivity contribution >= 4 is 5.97 Å². The monoisotopic (exact) mass is 434 g/mol. The van der Waals surface area contributed by atoms with Crippen molar-refractivity contribution in [2.45, 2.75) is 65.0 Å². The molecular weight excluding hydrogens is 380 g/mol. The third-order valence-corrected chi connectivity index (χ3v) is 5.05. The number of esters is 1. The van der Waals surface area contributed by atoms with Crippen LogP contribution < -0.4 is 15.2 Å². The van der Waals surface area contributed by atoms with Crippen LogP contribution >= 0.6 is 0 Å². The number of fused-ring (bicyclic) bond motifs is 3. The van der Waals surface area contributed by atoms with E-state index >= 15 is 0 Å². The summed E-state index contributed by atoms with van der Waals surface area (Å²) in [5.74, 6) is -7.93. The first-order valence-electron chi connectivity index (χ1n) is 17.6. The quantitative estimate of drug-likeness (QED) is 0.662. The molecule has 0 aromatic heterocycles. The smallest absolute Gasteiger partial charge is 0.323 e. The Morgan fingerprint density at radius 1 is 1.47 bits per heavy atom. The van der Waals surface area contributed by atoms with Gasteiger partial charge in [0.1, 0.15) is 12.1 Å². The lowest BCUT2D eigenvalue weighted by Gasteiger charge is -2.47. The van der Waals surface area contributed by atoms with Crippen molar-refractivity contribution in [1.29, 1.82) is 0 Å². The maximum Gasteiger partial charge on any atom is 0.323 e. The summed E-state index contributed by atoms with van der Waals surface area (Å²) < 4.78 is 151. The van der Waals surface area contributed by atoms with Crippen LogP contribution in [0.1, 0.15) is 79.5 Å². The van der Waals surface area contributed by atoms with E-state index < -0.39 is 123 Å². The van der Waals surface area contributed by atoms with Crippen LogP contribution in [0.5, 0.6) is 11.5 Å². The molecule has 2 N–H and O–H groups in total. The highest BCUT2D eigenvalue weighted by molar-refractivity contribution is 5.76. The summed E-state index contributed by atoms with van der Waals surface area (Å²) in [6.07, 6.45) is -9.10. The minimum atomic E-state index is -3.28. The molecule has 2 heterocycles. The zero-order chi connectivity index (χ0) is 36.0. The molecule has 5 atom stereocenters. The minimum Gasteiger partial charge on any atom is -0.493 e. The zero-order valence-corrected chi connectivity index (χ0v) is 17.4. The van der Waals surface area contributed by atoms with Crippen molar-refractivity contribution in [1.82, 2.24) is 4.90 Å². The lowest BCUT2D eigenvalue weighted by molar-refractivity contribution is -0.160. The molecule has 1 saturated heterocycles. The Bertz CT molecular complexity index is 1360. The Labute approximate surface area is 203 Å². The Morgan fingerprint density at radius 2 is 2.23 bits per heavy atom. The molecule has 6 heteroatoms. The van der Waals surface area contributed by atoms with Crippen molar-refractivity contribution in [3.05, 3.63) is 23.2 Å². The summed E-state index contributed by atoms with van der Waals surface area (Å²) in [5.41, 5.74) is 4.39. The van der Waals surface area contributed by atoms with E-state index in [-0.39, 0.29) is 0 Å². The molecule has 0 spiro atoms. The predicted octanol–water partition coefficient (Wildman–Crippen LogP) is 3.56. The van der Waals surface area contributed by atoms with E-state index in [0.29, 0.717) is 4.90 Å². The van der Waals surface area contributed by atoms with Gasteiger partial charge in [-0.05, 0) is 47.8 Å². The highest BCUT2D eigenvalue weighted by Gasteiger charge is 2.41. The molecule has 1 aromatic carbocycles. The Balaban J connectivity index is 2.43. The zero-order valence-electron chi connectivity index (χ0n) is 33.4. The number of nitrogens with zero attached hydrogens (tertiary/aromatic N) is 1. The van der Waals surface area contributed by atoms with Crippen LogP contribution in [0.3, 0.4) is 0 Å². The molecule has 2 aliphatic heterocycles. The summed E-state index contributed by atoms with van der Waals surface area (Å²) >= 11 is 0. The first-order valence-corrected chi connectivity index (χ1v) is 9.58. The molecule has 6 nitrogen and oxygen atoms in total. The fourth-order valence-electron chi connectivity index (χ4n) is 3.37. The van der Waals surface area contributed by atoms with Gasteiger partial charge < -0.3 is 19.9 Å². The van der Waals surface area contributed by atoms with Crippen LogP contribution in [0.15, 0.2) is 12.1 Å². The lowest BCUT2D eigenvalue weighted by atomic mass is 9.79. The van der Waals surface area contributed by atoms with Gasteiger partial charge in [-0.2, -0.15) is 0 Å². The summed E-state index contributed by atoms with van der Waals surface area (Å²) in [7, 11) is -2.22. The van der Waals surface area contributed by atoms with E-state index in [1.54, 1.807) is 13.8 Å². The molecule has 4 unspecified atom stereocenters. The number of hydrogen-bond acceptors (Lipinski definition) is 6. The second-order valence-electron chi connectivity index (χ2n) is 7.58. The molecule has 168 valence electrons. The SMILES string of the molecule is [2H]c1c(OC([2H])([2H])[2H])c(OC)c([2H])c2c1C1([2H])CC(OC(=O)[C@@H](N)C(C)C)C(C([2H])([2H])C([2H])(C)C([2H])([2H])[2H])CN1C([2H])([2H])C2([2H])[2H]. The van der Waals surface area contributed by atoms with E-state index in [1.807, 2.05) is 0 Å². The Morgan fingerprint density at radius 3 is 2.90 bits per heavy atom. The van der Waals surface area contributed by atoms with Gasteiger partial charge >= 0.3 is 5.97 Å². The number of rotatable bonds is 7. The minimum absolute atomic E-state index is 0.494. The summed E-state index contributed by atoms with van der Waals surface area (Å²) in [6, 6.07) is -5.81. The van der Waals surface area contributed by atoms with Crippen molar-refractivity contribution in [3.8, 4) is 11.5 Å². The van der Waals surface area contributed by atoms with Gasteiger partial charge in [0.25, 0.3) is 0 Å². The van der Waals surface area contributed by atoms with Crippen molar-refractivity contribution < 1.29 is 40.9 Å². The highest BCUT2D eigenvalue weighted by atomic mass is 16.5. The summed E-state index contributed by atoms with van der Waals surface area (Å²) in [5, 5.41) is 0. The lowest BCUT2D eigenvalue weighted by Crippen LogP contribution is -2.51. The van der Waals surface area contributed by atoms with Crippen molar-refractivity contribution in [2.75, 3.05) is 27.2 Å². The molecule has 3 rings (SSSR count). The summed E-state index contributed by atoms with van der Waals surface area (Å²) in [6.45, 7) is -3.59. The number of ether oxygens (including phenoxy) is 3. The van der Waals surface area contributed by atoms with Gasteiger partial charge in [0.2, 0.25) is 0 Å². The highest BCUT2D eigenvalue weighted by Crippen LogP contribution is 2.44. The van der Waals surface area contributed by atoms with E-state index in [0.717, 1.165) is 14.0 Å². The Kier molecular flexibility index (Phi) is 3.12. The second-order valence-corrected chi connectivity index (χ2v) is 7.58. The maximum absolute atomic E-state index is 13.1. The van der Waals surface area contributed by atoms with Gasteiger partial charge in [-0.15, -0.1) is 0 Å². The number of nitrogens with two attached hydrogens (primary N) is 1. The van der Waals surface area contributed by atoms with Crippen LogP contribution in [0, 0.1) is 17.7 Å². The average Bonchev–Trinajstić information content (AvgIpc) is 2.87. The van der Waals surface area contributed by atoms with Crippen LogP contribution in [0.25, 0.3) is 0 Å². The van der Waals surface area contributed by atoms with E-state index in [1.165, 1.54) is 0 Å². The maximum atomic E-state index is 13.1. The number of carbonyl (C=O) groups is 1. The third kappa shape index (κ3) is 4.75. The number of methoxy groups -OCH3 is 2. The molecule has 0 radical (unpaired) electrons. The topological polar surface area (TPSA) is 74.0 Å². The largest absolute Gasteiger partial charge is 0.493 e. The molecule has 30 heavy (non-hydrogen) atoms. The molecule has 0 amide bonds. The number of benzene rings is 1. The van der Waals surface area contributed by atoms with Gasteiger partial charge in [0, 0.05) is 45.1 Å². The van der Waals surface area contributed by atoms with Gasteiger partial charge in [0.05, 0.1) is 22.4 Å². The molecule has 0 aliphatic carbocycles. The van der Waals surface area contributed by atoms with Crippen molar-refractivity contribution in [2.24, 2.45) is 23.5 Å². The molecule has 0 saturated carbocycles. The van der Waals surface area contributed by atoms with E-state index in [4.69, 9.17) is 40.5 Å². The number of hydrogen-bond donors (Lipinski definition) is 1. The van der Waals surface area contributed by atoms with Crippen LogP contribution in [0.2, 0.25) is 0 Å². The van der Waals surface area contributed by atoms with Gasteiger partial charge in [-0.25, -0.2) is 0 Å². The molecular formula is C24H38N2O4. The van der Waals surface area contributed by atoms with Crippen LogP contribution in [0.4, 0.5) is 0 Å². The summed E-state index contributed by atoms with van der Waals surface area (Å²) in [4.78, 5) is 13.6. The van der Waals surface area contributed by atoms with E-state index in [9.17, 15) is 6.17 Å². The second kappa shape index (κ2) is 9.56. The normalized spacial score (nSPS) is 41.8. The first kappa shape index (κ1) is 9.78.